The highest BCUT2D eigenvalue weighted by molar-refractivity contribution is 5.51. The van der Waals surface area contributed by atoms with Crippen LogP contribution in [0.4, 0.5) is 0 Å². The summed E-state index contributed by atoms with van der Waals surface area (Å²) < 4.78 is 11.9. The fraction of sp³-hybridized carbons (Fsp3) is 0.217. The molecule has 0 spiro atoms. The lowest BCUT2D eigenvalue weighted by molar-refractivity contribution is 0.110. The van der Waals surface area contributed by atoms with Crippen LogP contribution in [0.1, 0.15) is 35.1 Å². The molecule has 0 amide bonds. The van der Waals surface area contributed by atoms with E-state index in [-0.39, 0.29) is 0 Å². The highest BCUT2D eigenvalue weighted by Crippen LogP contribution is 2.37. The van der Waals surface area contributed by atoms with Crippen molar-refractivity contribution in [3.63, 3.8) is 0 Å². The Morgan fingerprint density at radius 2 is 1.64 bits per heavy atom. The first-order valence-corrected chi connectivity index (χ1v) is 8.80. The Kier molecular flexibility index (Phi) is 4.53. The molecule has 1 aliphatic heterocycles. The van der Waals surface area contributed by atoms with Gasteiger partial charge in [-0.25, -0.2) is 0 Å². The SMILES string of the molecule is CC(COCc1ccccc1)c1ccc2c(c1)Cc1ccccc1O2. The lowest BCUT2D eigenvalue weighted by atomic mass is 9.94. The van der Waals surface area contributed by atoms with Crippen LogP contribution >= 0.6 is 0 Å². The molecule has 0 saturated carbocycles. The molecule has 2 heteroatoms. The molecular weight excluding hydrogens is 308 g/mol. The number of para-hydroxylation sites is 1. The number of ether oxygens (including phenoxy) is 2. The zero-order chi connectivity index (χ0) is 17.1. The summed E-state index contributed by atoms with van der Waals surface area (Å²) in [6.45, 7) is 3.59. The molecule has 0 N–H and O–H groups in total. The van der Waals surface area contributed by atoms with E-state index in [9.17, 15) is 0 Å². The van der Waals surface area contributed by atoms with Crippen molar-refractivity contribution in [2.24, 2.45) is 0 Å². The third kappa shape index (κ3) is 3.59. The van der Waals surface area contributed by atoms with Crippen LogP contribution in [0.25, 0.3) is 0 Å². The van der Waals surface area contributed by atoms with E-state index in [1.807, 2.05) is 30.3 Å². The van der Waals surface area contributed by atoms with Crippen LogP contribution < -0.4 is 4.74 Å². The molecule has 0 aromatic heterocycles. The molecular formula is C23H22O2. The summed E-state index contributed by atoms with van der Waals surface area (Å²) in [5.74, 6) is 2.30. The number of fused-ring (bicyclic) bond motifs is 2. The monoisotopic (exact) mass is 330 g/mol. The summed E-state index contributed by atoms with van der Waals surface area (Å²) in [6.07, 6.45) is 0.928. The Labute approximate surface area is 149 Å². The maximum Gasteiger partial charge on any atom is 0.130 e. The minimum absolute atomic E-state index is 0.353. The highest BCUT2D eigenvalue weighted by atomic mass is 16.5. The number of benzene rings is 3. The minimum atomic E-state index is 0.353. The highest BCUT2D eigenvalue weighted by Gasteiger charge is 2.18. The molecule has 3 aromatic carbocycles. The van der Waals surface area contributed by atoms with Crippen molar-refractivity contribution in [1.82, 2.24) is 0 Å². The van der Waals surface area contributed by atoms with Crippen LogP contribution in [-0.2, 0) is 17.8 Å². The Morgan fingerprint density at radius 3 is 2.52 bits per heavy atom. The topological polar surface area (TPSA) is 18.5 Å². The summed E-state index contributed by atoms with van der Waals surface area (Å²) in [5.41, 5.74) is 5.02. The third-order valence-corrected chi connectivity index (χ3v) is 4.71. The largest absolute Gasteiger partial charge is 0.457 e. The van der Waals surface area contributed by atoms with E-state index >= 15 is 0 Å². The molecule has 25 heavy (non-hydrogen) atoms. The van der Waals surface area contributed by atoms with Crippen LogP contribution in [0.3, 0.4) is 0 Å². The van der Waals surface area contributed by atoms with Gasteiger partial charge >= 0.3 is 0 Å². The first-order valence-electron chi connectivity index (χ1n) is 8.80. The van der Waals surface area contributed by atoms with Gasteiger partial charge in [0.25, 0.3) is 0 Å². The zero-order valence-corrected chi connectivity index (χ0v) is 14.4. The molecule has 1 atom stereocenters. The molecule has 1 heterocycles. The summed E-state index contributed by atoms with van der Waals surface area (Å²) in [7, 11) is 0. The van der Waals surface area contributed by atoms with Crippen LogP contribution in [-0.4, -0.2) is 6.61 Å². The van der Waals surface area contributed by atoms with Gasteiger partial charge in [0.2, 0.25) is 0 Å². The summed E-state index contributed by atoms with van der Waals surface area (Å²) in [4.78, 5) is 0. The fourth-order valence-corrected chi connectivity index (χ4v) is 3.24. The van der Waals surface area contributed by atoms with Crippen LogP contribution in [0, 0.1) is 0 Å². The minimum Gasteiger partial charge on any atom is -0.457 e. The van der Waals surface area contributed by atoms with Gasteiger partial charge in [-0.05, 0) is 34.4 Å². The lowest BCUT2D eigenvalue weighted by Crippen LogP contribution is -2.07. The van der Waals surface area contributed by atoms with Gasteiger partial charge in [-0.1, -0.05) is 67.6 Å². The van der Waals surface area contributed by atoms with Gasteiger partial charge < -0.3 is 9.47 Å². The lowest BCUT2D eigenvalue weighted by Gasteiger charge is -2.22. The van der Waals surface area contributed by atoms with Crippen LogP contribution in [0.15, 0.2) is 72.8 Å². The Morgan fingerprint density at radius 1 is 0.880 bits per heavy atom. The van der Waals surface area contributed by atoms with Gasteiger partial charge in [0, 0.05) is 12.3 Å². The van der Waals surface area contributed by atoms with Gasteiger partial charge in [0.15, 0.2) is 0 Å². The number of hydrogen-bond acceptors (Lipinski definition) is 2. The molecule has 0 aliphatic carbocycles. The third-order valence-electron chi connectivity index (χ3n) is 4.71. The first kappa shape index (κ1) is 15.9. The van der Waals surface area contributed by atoms with Crippen LogP contribution in [0.5, 0.6) is 11.5 Å². The number of hydrogen-bond donors (Lipinski definition) is 0. The predicted molar refractivity (Wildman–Crippen MR) is 100 cm³/mol. The summed E-state index contributed by atoms with van der Waals surface area (Å²) in [5, 5.41) is 0. The van der Waals surface area contributed by atoms with E-state index in [2.05, 4.69) is 49.4 Å². The Balaban J connectivity index is 1.42. The molecule has 1 unspecified atom stereocenters. The fourth-order valence-electron chi connectivity index (χ4n) is 3.24. The van der Waals surface area contributed by atoms with E-state index < -0.39 is 0 Å². The van der Waals surface area contributed by atoms with Gasteiger partial charge in [0.1, 0.15) is 11.5 Å². The standard InChI is InChI=1S/C23H22O2/c1-17(15-24-16-18-7-3-2-4-8-18)19-11-12-23-21(13-19)14-20-9-5-6-10-22(20)25-23/h2-13,17H,14-16H2,1H3. The van der Waals surface area contributed by atoms with E-state index in [4.69, 9.17) is 9.47 Å². The quantitative estimate of drug-likeness (QED) is 0.467. The molecule has 1 aliphatic rings. The summed E-state index contributed by atoms with van der Waals surface area (Å²) >= 11 is 0. The summed E-state index contributed by atoms with van der Waals surface area (Å²) in [6, 6.07) is 25.1. The van der Waals surface area contributed by atoms with Gasteiger partial charge in [0.05, 0.1) is 13.2 Å². The average Bonchev–Trinajstić information content (AvgIpc) is 2.66. The van der Waals surface area contributed by atoms with E-state index in [0.29, 0.717) is 19.1 Å². The molecule has 2 nitrogen and oxygen atoms in total. The second kappa shape index (κ2) is 7.12. The Hall–Kier alpha value is -2.58. The first-order chi connectivity index (χ1) is 12.3. The molecule has 126 valence electrons. The van der Waals surface area contributed by atoms with E-state index in [1.54, 1.807) is 0 Å². The van der Waals surface area contributed by atoms with Crippen molar-refractivity contribution in [3.05, 3.63) is 95.1 Å². The second-order valence-corrected chi connectivity index (χ2v) is 6.66. The Bertz CT molecular complexity index is 855. The van der Waals surface area contributed by atoms with Crippen molar-refractivity contribution in [2.75, 3.05) is 6.61 Å². The number of rotatable bonds is 5. The normalized spacial score (nSPS) is 13.5. The predicted octanol–water partition coefficient (Wildman–Crippen LogP) is 5.70. The maximum atomic E-state index is 6.02. The van der Waals surface area contributed by atoms with E-state index in [1.165, 1.54) is 22.3 Å². The maximum absolute atomic E-state index is 6.02. The molecule has 0 saturated heterocycles. The van der Waals surface area contributed by atoms with Gasteiger partial charge in [-0.2, -0.15) is 0 Å². The zero-order valence-electron chi connectivity index (χ0n) is 14.4. The van der Waals surface area contributed by atoms with Crippen molar-refractivity contribution >= 4 is 0 Å². The van der Waals surface area contributed by atoms with Gasteiger partial charge in [-0.3, -0.25) is 0 Å². The molecule has 3 aromatic rings. The molecule has 0 fully saturated rings. The van der Waals surface area contributed by atoms with E-state index in [0.717, 1.165) is 17.9 Å². The molecule has 0 radical (unpaired) electrons. The van der Waals surface area contributed by atoms with Gasteiger partial charge in [-0.15, -0.1) is 0 Å². The molecule has 4 rings (SSSR count). The van der Waals surface area contributed by atoms with Crippen molar-refractivity contribution in [3.8, 4) is 11.5 Å². The van der Waals surface area contributed by atoms with Crippen molar-refractivity contribution in [2.45, 2.75) is 25.9 Å². The van der Waals surface area contributed by atoms with Crippen molar-refractivity contribution in [1.29, 1.82) is 0 Å². The second-order valence-electron chi connectivity index (χ2n) is 6.66. The average molecular weight is 330 g/mol. The van der Waals surface area contributed by atoms with Crippen LogP contribution in [0.2, 0.25) is 0 Å². The molecule has 0 bridgehead atoms. The van der Waals surface area contributed by atoms with Crippen molar-refractivity contribution < 1.29 is 9.47 Å². The smallest absolute Gasteiger partial charge is 0.130 e.